The molecule has 1 heterocycles. The van der Waals surface area contributed by atoms with Gasteiger partial charge in [0.1, 0.15) is 18.2 Å². The Kier molecular flexibility index (Phi) is 4.29. The van der Waals surface area contributed by atoms with Gasteiger partial charge in [-0.25, -0.2) is 14.2 Å². The summed E-state index contributed by atoms with van der Waals surface area (Å²) in [5.74, 6) is -1.44. The fraction of sp³-hybridized carbons (Fsp3) is 0.375. The van der Waals surface area contributed by atoms with Gasteiger partial charge < -0.3 is 19.1 Å². The molecule has 1 aromatic carbocycles. The molecule has 6 nitrogen and oxygen atoms in total. The first kappa shape index (κ1) is 15.5. The summed E-state index contributed by atoms with van der Waals surface area (Å²) in [6.45, 7) is 0.582. The number of imidazole rings is 1. The maximum Gasteiger partial charge on any atom is 0.338 e. The maximum atomic E-state index is 13.9. The number of halogens is 1. The van der Waals surface area contributed by atoms with Gasteiger partial charge in [0.2, 0.25) is 0 Å². The van der Waals surface area contributed by atoms with Gasteiger partial charge in [0.05, 0.1) is 29.9 Å². The van der Waals surface area contributed by atoms with Gasteiger partial charge in [-0.05, 0) is 18.9 Å². The number of aromatic carboxylic acids is 1. The second kappa shape index (κ2) is 6.37. The van der Waals surface area contributed by atoms with E-state index in [9.17, 15) is 9.18 Å². The average Bonchev–Trinajstić information content (AvgIpc) is 3.25. The molecular weight excluding hydrogens is 303 g/mol. The number of methoxy groups -OCH3 is 1. The lowest BCUT2D eigenvalue weighted by molar-refractivity contribution is 0.0691. The fourth-order valence-electron chi connectivity index (χ4n) is 2.32. The summed E-state index contributed by atoms with van der Waals surface area (Å²) in [5, 5.41) is 9.12. The van der Waals surface area contributed by atoms with Crippen LogP contribution in [0.5, 0.6) is 5.75 Å². The van der Waals surface area contributed by atoms with Crippen molar-refractivity contribution in [2.24, 2.45) is 0 Å². The maximum absolute atomic E-state index is 13.9. The third kappa shape index (κ3) is 3.34. The van der Waals surface area contributed by atoms with Crippen LogP contribution in [0.1, 0.15) is 34.8 Å². The number of ether oxygens (including phenoxy) is 2. The smallest absolute Gasteiger partial charge is 0.338 e. The van der Waals surface area contributed by atoms with Gasteiger partial charge in [-0.3, -0.25) is 0 Å². The molecule has 3 rings (SSSR count). The van der Waals surface area contributed by atoms with E-state index in [1.54, 1.807) is 10.9 Å². The Bertz CT molecular complexity index is 725. The highest BCUT2D eigenvalue weighted by atomic mass is 19.1. The van der Waals surface area contributed by atoms with Crippen molar-refractivity contribution in [3.05, 3.63) is 41.7 Å². The molecule has 122 valence electrons. The fourth-order valence-corrected chi connectivity index (χ4v) is 2.32. The van der Waals surface area contributed by atoms with Crippen molar-refractivity contribution in [2.75, 3.05) is 20.3 Å². The summed E-state index contributed by atoms with van der Waals surface area (Å²) in [6.07, 6.45) is 5.64. The van der Waals surface area contributed by atoms with Gasteiger partial charge in [-0.2, -0.15) is 0 Å². The van der Waals surface area contributed by atoms with E-state index in [1.807, 2.05) is 6.20 Å². The monoisotopic (exact) mass is 320 g/mol. The number of aromatic nitrogens is 2. The van der Waals surface area contributed by atoms with Gasteiger partial charge in [0.25, 0.3) is 0 Å². The molecular formula is C16H17FN2O4. The predicted octanol–water partition coefficient (Wildman–Crippen LogP) is 2.61. The number of carboxylic acids is 1. The van der Waals surface area contributed by atoms with E-state index in [0.717, 1.165) is 24.6 Å². The van der Waals surface area contributed by atoms with Crippen molar-refractivity contribution in [3.8, 4) is 11.4 Å². The van der Waals surface area contributed by atoms with Crippen molar-refractivity contribution >= 4 is 5.97 Å². The molecule has 0 amide bonds. The predicted molar refractivity (Wildman–Crippen MR) is 79.8 cm³/mol. The van der Waals surface area contributed by atoms with Crippen molar-refractivity contribution in [3.63, 3.8) is 0 Å². The van der Waals surface area contributed by atoms with Gasteiger partial charge in [-0.15, -0.1) is 0 Å². The van der Waals surface area contributed by atoms with Crippen LogP contribution in [0.25, 0.3) is 5.69 Å². The van der Waals surface area contributed by atoms with Crippen molar-refractivity contribution in [1.29, 1.82) is 0 Å². The number of hydrogen-bond donors (Lipinski definition) is 1. The Morgan fingerprint density at radius 2 is 2.22 bits per heavy atom. The van der Waals surface area contributed by atoms with E-state index < -0.39 is 17.3 Å². The van der Waals surface area contributed by atoms with Crippen LogP contribution in [-0.2, 0) is 4.74 Å². The topological polar surface area (TPSA) is 73.6 Å². The highest BCUT2D eigenvalue weighted by molar-refractivity contribution is 5.89. The van der Waals surface area contributed by atoms with Gasteiger partial charge in [0, 0.05) is 25.3 Å². The Morgan fingerprint density at radius 1 is 1.43 bits per heavy atom. The number of benzene rings is 1. The molecule has 1 aromatic heterocycles. The van der Waals surface area contributed by atoms with E-state index in [2.05, 4.69) is 4.98 Å². The van der Waals surface area contributed by atoms with E-state index in [0.29, 0.717) is 18.2 Å². The Hall–Kier alpha value is -2.41. The molecule has 23 heavy (non-hydrogen) atoms. The van der Waals surface area contributed by atoms with Gasteiger partial charge >= 0.3 is 5.97 Å². The Balaban J connectivity index is 1.98. The Labute approximate surface area is 132 Å². The second-order valence-corrected chi connectivity index (χ2v) is 5.43. The van der Waals surface area contributed by atoms with E-state index in [-0.39, 0.29) is 12.4 Å². The molecule has 2 aromatic rings. The molecule has 0 aliphatic heterocycles. The highest BCUT2D eigenvalue weighted by Crippen LogP contribution is 2.39. The molecule has 0 bridgehead atoms. The van der Waals surface area contributed by atoms with E-state index in [4.69, 9.17) is 14.6 Å². The summed E-state index contributed by atoms with van der Waals surface area (Å²) in [4.78, 5) is 15.5. The molecule has 1 aliphatic carbocycles. The molecule has 0 unspecified atom stereocenters. The molecule has 7 heteroatoms. The molecule has 0 spiro atoms. The zero-order valence-corrected chi connectivity index (χ0v) is 12.7. The van der Waals surface area contributed by atoms with Crippen molar-refractivity contribution in [2.45, 2.75) is 18.8 Å². The first-order valence-electron chi connectivity index (χ1n) is 7.33. The lowest BCUT2D eigenvalue weighted by atomic mass is 10.1. The summed E-state index contributed by atoms with van der Waals surface area (Å²) < 4.78 is 26.0. The number of rotatable bonds is 7. The largest absolute Gasteiger partial charge is 0.489 e. The normalized spacial score (nSPS) is 14.0. The molecule has 0 saturated heterocycles. The lowest BCUT2D eigenvalue weighted by Crippen LogP contribution is -2.09. The van der Waals surface area contributed by atoms with Crippen molar-refractivity contribution in [1.82, 2.24) is 9.55 Å². The van der Waals surface area contributed by atoms with Crippen LogP contribution in [0.3, 0.4) is 0 Å². The molecule has 1 saturated carbocycles. The van der Waals surface area contributed by atoms with Crippen LogP contribution < -0.4 is 4.74 Å². The first-order chi connectivity index (χ1) is 11.1. The minimum atomic E-state index is -1.32. The third-order valence-corrected chi connectivity index (χ3v) is 3.70. The van der Waals surface area contributed by atoms with Crippen LogP contribution in [0.2, 0.25) is 0 Å². The summed E-state index contributed by atoms with van der Waals surface area (Å²) in [7, 11) is 1.54. The van der Waals surface area contributed by atoms with Gasteiger partial charge in [0.15, 0.2) is 0 Å². The van der Waals surface area contributed by atoms with E-state index in [1.165, 1.54) is 13.2 Å². The average molecular weight is 320 g/mol. The van der Waals surface area contributed by atoms with E-state index >= 15 is 0 Å². The molecule has 1 aliphatic rings. The van der Waals surface area contributed by atoms with Crippen LogP contribution in [0.4, 0.5) is 4.39 Å². The number of carbonyl (C=O) groups is 1. The molecule has 0 atom stereocenters. The van der Waals surface area contributed by atoms with Gasteiger partial charge in [-0.1, -0.05) is 0 Å². The third-order valence-electron chi connectivity index (χ3n) is 3.70. The highest BCUT2D eigenvalue weighted by Gasteiger charge is 2.26. The first-order valence-corrected chi connectivity index (χ1v) is 7.33. The van der Waals surface area contributed by atoms with Crippen LogP contribution in [-0.4, -0.2) is 41.0 Å². The SMILES string of the molecule is COCCOc1cc(F)c(C(=O)O)cc1-n1cnc(C2CC2)c1. The standard InChI is InChI=1S/C16H17FN2O4/c1-22-4-5-23-15-7-12(17)11(16(20)21)6-14(15)19-8-13(18-9-19)10-2-3-10/h6-10H,2-5H2,1H3,(H,20,21). The lowest BCUT2D eigenvalue weighted by Gasteiger charge is -2.13. The summed E-state index contributed by atoms with van der Waals surface area (Å²) in [6, 6.07) is 2.35. The zero-order chi connectivity index (χ0) is 16.4. The Morgan fingerprint density at radius 3 is 2.87 bits per heavy atom. The quantitative estimate of drug-likeness (QED) is 0.794. The van der Waals surface area contributed by atoms with Crippen LogP contribution >= 0.6 is 0 Å². The van der Waals surface area contributed by atoms with Crippen molar-refractivity contribution < 1.29 is 23.8 Å². The van der Waals surface area contributed by atoms with Crippen LogP contribution in [0, 0.1) is 5.82 Å². The number of hydrogen-bond acceptors (Lipinski definition) is 4. The molecule has 1 N–H and O–H groups in total. The number of carboxylic acid groups (broad SMARTS) is 1. The number of nitrogens with zero attached hydrogens (tertiary/aromatic N) is 2. The molecule has 0 radical (unpaired) electrons. The summed E-state index contributed by atoms with van der Waals surface area (Å²) in [5.41, 5.74) is 0.995. The van der Waals surface area contributed by atoms with Crippen LogP contribution in [0.15, 0.2) is 24.7 Å². The minimum absolute atomic E-state index is 0.236. The zero-order valence-electron chi connectivity index (χ0n) is 12.7. The summed E-state index contributed by atoms with van der Waals surface area (Å²) >= 11 is 0. The second-order valence-electron chi connectivity index (χ2n) is 5.43. The molecule has 1 fully saturated rings. The minimum Gasteiger partial charge on any atom is -0.489 e.